The lowest BCUT2D eigenvalue weighted by Crippen LogP contribution is -2.30. The van der Waals surface area contributed by atoms with Crippen LogP contribution in [0.2, 0.25) is 0 Å². The van der Waals surface area contributed by atoms with Gasteiger partial charge in [0.1, 0.15) is 0 Å². The summed E-state index contributed by atoms with van der Waals surface area (Å²) in [5, 5.41) is 5.46. The molecule has 0 unspecified atom stereocenters. The Hall–Kier alpha value is -1.87. The van der Waals surface area contributed by atoms with Crippen molar-refractivity contribution in [1.82, 2.24) is 10.2 Å². The average Bonchev–Trinajstić information content (AvgIpc) is 2.66. The van der Waals surface area contributed by atoms with Gasteiger partial charge in [-0.1, -0.05) is 55.3 Å². The lowest BCUT2D eigenvalue weighted by molar-refractivity contribution is -0.120. The van der Waals surface area contributed by atoms with Crippen LogP contribution < -0.4 is 5.32 Å². The van der Waals surface area contributed by atoms with E-state index >= 15 is 0 Å². The van der Waals surface area contributed by atoms with E-state index in [1.807, 2.05) is 18.2 Å². The van der Waals surface area contributed by atoms with Crippen LogP contribution in [0.15, 0.2) is 42.5 Å². The number of likely N-dealkylation sites (tertiary alicyclic amines) is 1. The Kier molecular flexibility index (Phi) is 6.87. The van der Waals surface area contributed by atoms with Crippen molar-refractivity contribution in [2.75, 3.05) is 26.2 Å². The van der Waals surface area contributed by atoms with Gasteiger partial charge in [0.05, 0.1) is 6.42 Å². The second-order valence-electron chi connectivity index (χ2n) is 7.13. The summed E-state index contributed by atoms with van der Waals surface area (Å²) in [6.07, 6.45) is 8.13. The molecule has 0 saturated carbocycles. The molecule has 1 aliphatic rings. The Labute approximate surface area is 151 Å². The maximum absolute atomic E-state index is 12.2. The van der Waals surface area contributed by atoms with Gasteiger partial charge in [-0.05, 0) is 61.7 Å². The third-order valence-electron chi connectivity index (χ3n) is 5.15. The van der Waals surface area contributed by atoms with Crippen molar-refractivity contribution in [1.29, 1.82) is 0 Å². The Morgan fingerprint density at radius 3 is 2.60 bits per heavy atom. The normalized spacial score (nSPS) is 15.4. The summed E-state index contributed by atoms with van der Waals surface area (Å²) in [4.78, 5) is 14.8. The number of fused-ring (bicyclic) bond motifs is 1. The number of rotatable bonds is 8. The first-order chi connectivity index (χ1) is 12.3. The third kappa shape index (κ3) is 5.57. The molecule has 0 spiro atoms. The maximum Gasteiger partial charge on any atom is 0.224 e. The van der Waals surface area contributed by atoms with Gasteiger partial charge < -0.3 is 10.2 Å². The Morgan fingerprint density at radius 2 is 1.72 bits per heavy atom. The van der Waals surface area contributed by atoms with Gasteiger partial charge in [-0.25, -0.2) is 0 Å². The summed E-state index contributed by atoms with van der Waals surface area (Å²) in [5.74, 6) is 0.132. The highest BCUT2D eigenvalue weighted by atomic mass is 16.1. The monoisotopic (exact) mass is 338 g/mol. The summed E-state index contributed by atoms with van der Waals surface area (Å²) in [5.41, 5.74) is 1.11. The number of unbranched alkanes of at least 4 members (excludes halogenated alkanes) is 2. The van der Waals surface area contributed by atoms with E-state index in [2.05, 4.69) is 34.5 Å². The maximum atomic E-state index is 12.2. The first-order valence-corrected chi connectivity index (χ1v) is 9.78. The average molecular weight is 338 g/mol. The molecule has 0 aliphatic carbocycles. The summed E-state index contributed by atoms with van der Waals surface area (Å²) in [6, 6.07) is 14.4. The van der Waals surface area contributed by atoms with Crippen LogP contribution in [0, 0.1) is 0 Å². The number of nitrogens with zero attached hydrogens (tertiary/aromatic N) is 1. The summed E-state index contributed by atoms with van der Waals surface area (Å²) < 4.78 is 0. The second kappa shape index (κ2) is 9.57. The van der Waals surface area contributed by atoms with Crippen molar-refractivity contribution in [2.24, 2.45) is 0 Å². The molecule has 1 fully saturated rings. The van der Waals surface area contributed by atoms with Gasteiger partial charge in [0.25, 0.3) is 0 Å². The molecule has 1 aliphatic heterocycles. The number of hydrogen-bond acceptors (Lipinski definition) is 2. The van der Waals surface area contributed by atoms with E-state index in [0.29, 0.717) is 6.42 Å². The van der Waals surface area contributed by atoms with Crippen molar-refractivity contribution in [3.63, 3.8) is 0 Å². The number of amides is 1. The standard InChI is InChI=1S/C22H30N2O/c25-22(18-20-12-9-11-19-10-3-4-13-21(19)20)23-14-5-1-6-15-24-16-7-2-8-17-24/h3-4,9-13H,1-2,5-8,14-18H2,(H,23,25). The van der Waals surface area contributed by atoms with E-state index in [-0.39, 0.29) is 5.91 Å². The molecule has 0 aromatic heterocycles. The van der Waals surface area contributed by atoms with Crippen LogP contribution in [0.1, 0.15) is 44.1 Å². The molecule has 2 aromatic rings. The minimum atomic E-state index is 0.132. The molecule has 1 saturated heterocycles. The third-order valence-corrected chi connectivity index (χ3v) is 5.15. The molecule has 1 heterocycles. The molecule has 3 nitrogen and oxygen atoms in total. The summed E-state index contributed by atoms with van der Waals surface area (Å²) in [7, 11) is 0. The molecule has 0 bridgehead atoms. The molecule has 2 aromatic carbocycles. The van der Waals surface area contributed by atoms with Crippen molar-refractivity contribution in [3.05, 3.63) is 48.0 Å². The number of hydrogen-bond donors (Lipinski definition) is 1. The number of carbonyl (C=O) groups excluding carboxylic acids is 1. The van der Waals surface area contributed by atoms with Gasteiger partial charge in [0, 0.05) is 6.54 Å². The van der Waals surface area contributed by atoms with E-state index in [4.69, 9.17) is 0 Å². The molecule has 0 radical (unpaired) electrons. The van der Waals surface area contributed by atoms with Gasteiger partial charge in [-0.2, -0.15) is 0 Å². The molecule has 1 amide bonds. The van der Waals surface area contributed by atoms with Crippen molar-refractivity contribution >= 4 is 16.7 Å². The topological polar surface area (TPSA) is 32.3 Å². The molecule has 1 N–H and O–H groups in total. The minimum Gasteiger partial charge on any atom is -0.356 e. The van der Waals surface area contributed by atoms with Crippen LogP contribution >= 0.6 is 0 Å². The highest BCUT2D eigenvalue weighted by Gasteiger charge is 2.09. The van der Waals surface area contributed by atoms with E-state index < -0.39 is 0 Å². The van der Waals surface area contributed by atoms with Crippen molar-refractivity contribution < 1.29 is 4.79 Å². The van der Waals surface area contributed by atoms with Gasteiger partial charge in [0.2, 0.25) is 5.91 Å². The fourth-order valence-electron chi connectivity index (χ4n) is 3.73. The van der Waals surface area contributed by atoms with Crippen LogP contribution in [-0.2, 0) is 11.2 Å². The predicted molar refractivity (Wildman–Crippen MR) is 105 cm³/mol. The van der Waals surface area contributed by atoms with E-state index in [1.54, 1.807) is 0 Å². The van der Waals surface area contributed by atoms with Gasteiger partial charge in [-0.3, -0.25) is 4.79 Å². The molecule has 25 heavy (non-hydrogen) atoms. The van der Waals surface area contributed by atoms with Gasteiger partial charge in [0.15, 0.2) is 0 Å². The SMILES string of the molecule is O=C(Cc1cccc2ccccc12)NCCCCCN1CCCCC1. The molecule has 3 rings (SSSR count). The molecular formula is C22H30N2O. The van der Waals surface area contributed by atoms with Crippen LogP contribution in [0.5, 0.6) is 0 Å². The lowest BCUT2D eigenvalue weighted by Gasteiger charge is -2.26. The highest BCUT2D eigenvalue weighted by Crippen LogP contribution is 2.18. The zero-order valence-electron chi connectivity index (χ0n) is 15.2. The first kappa shape index (κ1) is 17.9. The van der Waals surface area contributed by atoms with Crippen LogP contribution in [-0.4, -0.2) is 37.0 Å². The summed E-state index contributed by atoms with van der Waals surface area (Å²) in [6.45, 7) is 4.58. The van der Waals surface area contributed by atoms with Gasteiger partial charge in [-0.15, -0.1) is 0 Å². The second-order valence-corrected chi connectivity index (χ2v) is 7.13. The van der Waals surface area contributed by atoms with E-state index in [9.17, 15) is 4.79 Å². The largest absolute Gasteiger partial charge is 0.356 e. The predicted octanol–water partition coefficient (Wildman–Crippen LogP) is 4.15. The zero-order chi connectivity index (χ0) is 17.3. The smallest absolute Gasteiger partial charge is 0.224 e. The Morgan fingerprint density at radius 1 is 0.920 bits per heavy atom. The Balaban J connectivity index is 1.34. The fraction of sp³-hybridized carbons (Fsp3) is 0.500. The van der Waals surface area contributed by atoms with Gasteiger partial charge >= 0.3 is 0 Å². The molecule has 134 valence electrons. The quantitative estimate of drug-likeness (QED) is 0.733. The number of benzene rings is 2. The fourth-order valence-corrected chi connectivity index (χ4v) is 3.73. The van der Waals surface area contributed by atoms with Crippen LogP contribution in [0.4, 0.5) is 0 Å². The van der Waals surface area contributed by atoms with Crippen LogP contribution in [0.25, 0.3) is 10.8 Å². The molecular weight excluding hydrogens is 308 g/mol. The first-order valence-electron chi connectivity index (χ1n) is 9.78. The molecule has 3 heteroatoms. The Bertz CT molecular complexity index is 671. The lowest BCUT2D eigenvalue weighted by atomic mass is 10.0. The van der Waals surface area contributed by atoms with E-state index in [0.717, 1.165) is 18.5 Å². The highest BCUT2D eigenvalue weighted by molar-refractivity contribution is 5.90. The van der Waals surface area contributed by atoms with Crippen LogP contribution in [0.3, 0.4) is 0 Å². The number of piperidine rings is 1. The minimum absolute atomic E-state index is 0.132. The molecule has 0 atom stereocenters. The van der Waals surface area contributed by atoms with Crippen molar-refractivity contribution in [3.8, 4) is 0 Å². The van der Waals surface area contributed by atoms with E-state index in [1.165, 1.54) is 62.5 Å². The van der Waals surface area contributed by atoms with Crippen molar-refractivity contribution in [2.45, 2.75) is 44.9 Å². The summed E-state index contributed by atoms with van der Waals surface area (Å²) >= 11 is 0. The number of carbonyl (C=O) groups is 1. The zero-order valence-corrected chi connectivity index (χ0v) is 15.2. The number of nitrogens with one attached hydrogen (secondary N) is 1.